The van der Waals surface area contributed by atoms with Gasteiger partial charge in [-0.3, -0.25) is 9.59 Å². The van der Waals surface area contributed by atoms with E-state index in [1.165, 1.54) is 32.3 Å². The van der Waals surface area contributed by atoms with Crippen molar-refractivity contribution in [3.8, 4) is 0 Å². The van der Waals surface area contributed by atoms with Gasteiger partial charge < -0.3 is 19.9 Å². The van der Waals surface area contributed by atoms with Crippen LogP contribution >= 0.6 is 0 Å². The minimum Gasteiger partial charge on any atom is -0.449 e. The van der Waals surface area contributed by atoms with Crippen LogP contribution in [-0.4, -0.2) is 36.1 Å². The van der Waals surface area contributed by atoms with Crippen LogP contribution in [0.3, 0.4) is 0 Å². The highest BCUT2D eigenvalue weighted by atomic mass is 16.5. The Bertz CT molecular complexity index is 1150. The van der Waals surface area contributed by atoms with Crippen molar-refractivity contribution in [3.05, 3.63) is 70.5 Å². The minimum absolute atomic E-state index is 0.130. The van der Waals surface area contributed by atoms with Crippen molar-refractivity contribution in [1.82, 2.24) is 4.98 Å². The topological polar surface area (TPSA) is 91.5 Å². The van der Waals surface area contributed by atoms with Crippen molar-refractivity contribution in [2.45, 2.75) is 32.3 Å². The molecular weight excluding hydrogens is 394 g/mol. The Kier molecular flexibility index (Phi) is 6.02. The van der Waals surface area contributed by atoms with Crippen molar-refractivity contribution < 1.29 is 14.3 Å². The van der Waals surface area contributed by atoms with Gasteiger partial charge in [-0.2, -0.15) is 0 Å². The molecule has 31 heavy (non-hydrogen) atoms. The molecule has 0 aliphatic carbocycles. The van der Waals surface area contributed by atoms with Crippen LogP contribution in [0, 0.1) is 0 Å². The highest BCUT2D eigenvalue weighted by Gasteiger charge is 2.21. The van der Waals surface area contributed by atoms with E-state index in [-0.39, 0.29) is 5.56 Å². The average Bonchev–Trinajstić information content (AvgIpc) is 2.79. The van der Waals surface area contributed by atoms with Gasteiger partial charge in [0.05, 0.1) is 5.56 Å². The largest absolute Gasteiger partial charge is 0.449 e. The third-order valence-electron chi connectivity index (χ3n) is 5.48. The smallest absolute Gasteiger partial charge is 0.339 e. The van der Waals surface area contributed by atoms with E-state index in [1.54, 1.807) is 24.3 Å². The summed E-state index contributed by atoms with van der Waals surface area (Å²) in [5.41, 5.74) is 2.03. The number of carbonyl (C=O) groups is 2. The molecular formula is C24H25N3O4. The summed E-state index contributed by atoms with van der Waals surface area (Å²) in [5, 5.41) is 3.34. The number of anilines is 2. The molecule has 2 heterocycles. The van der Waals surface area contributed by atoms with Gasteiger partial charge in [0, 0.05) is 41.4 Å². The fourth-order valence-corrected chi connectivity index (χ4v) is 3.80. The van der Waals surface area contributed by atoms with E-state index in [0.717, 1.165) is 18.8 Å². The molecule has 0 radical (unpaired) electrons. The molecule has 7 nitrogen and oxygen atoms in total. The molecule has 0 unspecified atom stereocenters. The molecule has 0 spiro atoms. The third-order valence-corrected chi connectivity index (χ3v) is 5.48. The first-order chi connectivity index (χ1) is 15.0. The first kappa shape index (κ1) is 20.7. The second-order valence-electron chi connectivity index (χ2n) is 7.72. The SMILES string of the molecule is C[C@H](OC(=O)c1cc(=O)[nH]c2ccccc12)C(=O)Nc1ccc(N2CCCCC2)cc1. The fourth-order valence-electron chi connectivity index (χ4n) is 3.80. The van der Waals surface area contributed by atoms with Crippen molar-refractivity contribution in [1.29, 1.82) is 0 Å². The standard InChI is InChI=1S/C24H25N3O4/c1-16(31-24(30)20-15-22(28)26-21-8-4-3-7-19(20)21)23(29)25-17-9-11-18(12-10-17)27-13-5-2-6-14-27/h3-4,7-12,15-16H,2,5-6,13-14H2,1H3,(H,25,29)(H,26,28)/t16-/m0/s1. The van der Waals surface area contributed by atoms with Gasteiger partial charge in [-0.15, -0.1) is 0 Å². The van der Waals surface area contributed by atoms with Crippen molar-refractivity contribution in [2.75, 3.05) is 23.3 Å². The number of fused-ring (bicyclic) bond motifs is 1. The number of nitrogens with one attached hydrogen (secondary N) is 2. The maximum absolute atomic E-state index is 12.6. The Balaban J connectivity index is 1.41. The number of hydrogen-bond donors (Lipinski definition) is 2. The summed E-state index contributed by atoms with van der Waals surface area (Å²) in [4.78, 5) is 42.0. The second kappa shape index (κ2) is 9.04. The van der Waals surface area contributed by atoms with Gasteiger partial charge >= 0.3 is 5.97 Å². The minimum atomic E-state index is -1.02. The van der Waals surface area contributed by atoms with Crippen molar-refractivity contribution in [3.63, 3.8) is 0 Å². The van der Waals surface area contributed by atoms with Crippen LogP contribution in [0.4, 0.5) is 11.4 Å². The number of pyridine rings is 1. The first-order valence-corrected chi connectivity index (χ1v) is 10.5. The van der Waals surface area contributed by atoms with E-state index >= 15 is 0 Å². The number of piperidine rings is 1. The van der Waals surface area contributed by atoms with E-state index in [9.17, 15) is 14.4 Å². The van der Waals surface area contributed by atoms with Crippen LogP contribution in [0.15, 0.2) is 59.4 Å². The molecule has 4 rings (SSSR count). The van der Waals surface area contributed by atoms with Gasteiger partial charge in [-0.05, 0) is 56.5 Å². The zero-order valence-electron chi connectivity index (χ0n) is 17.4. The maximum Gasteiger partial charge on any atom is 0.339 e. The summed E-state index contributed by atoms with van der Waals surface area (Å²) < 4.78 is 5.34. The molecule has 1 aliphatic rings. The van der Waals surface area contributed by atoms with Crippen LogP contribution in [0.5, 0.6) is 0 Å². The molecule has 3 aromatic rings. The zero-order chi connectivity index (χ0) is 21.8. The van der Waals surface area contributed by atoms with Crippen molar-refractivity contribution >= 4 is 34.2 Å². The average molecular weight is 419 g/mol. The molecule has 7 heteroatoms. The number of carbonyl (C=O) groups excluding carboxylic acids is 2. The summed E-state index contributed by atoms with van der Waals surface area (Å²) in [6.45, 7) is 3.61. The number of aromatic amines is 1. The predicted molar refractivity (Wildman–Crippen MR) is 121 cm³/mol. The van der Waals surface area contributed by atoms with E-state index in [2.05, 4.69) is 15.2 Å². The normalized spacial score (nSPS) is 14.8. The van der Waals surface area contributed by atoms with Gasteiger partial charge in [0.1, 0.15) is 0 Å². The first-order valence-electron chi connectivity index (χ1n) is 10.5. The van der Waals surface area contributed by atoms with Crippen LogP contribution < -0.4 is 15.8 Å². The quantitative estimate of drug-likeness (QED) is 0.616. The molecule has 0 saturated carbocycles. The number of amides is 1. The molecule has 1 atom stereocenters. The lowest BCUT2D eigenvalue weighted by atomic mass is 10.1. The second-order valence-corrected chi connectivity index (χ2v) is 7.72. The Morgan fingerprint density at radius 3 is 2.48 bits per heavy atom. The van der Waals surface area contributed by atoms with Crippen LogP contribution in [-0.2, 0) is 9.53 Å². The van der Waals surface area contributed by atoms with Gasteiger partial charge in [0.15, 0.2) is 6.10 Å². The van der Waals surface area contributed by atoms with Gasteiger partial charge in [-0.25, -0.2) is 4.79 Å². The van der Waals surface area contributed by atoms with E-state index in [0.29, 0.717) is 16.6 Å². The molecule has 1 saturated heterocycles. The molecule has 1 aromatic heterocycles. The highest BCUT2D eigenvalue weighted by molar-refractivity contribution is 6.04. The summed E-state index contributed by atoms with van der Waals surface area (Å²) >= 11 is 0. The van der Waals surface area contributed by atoms with E-state index < -0.39 is 23.5 Å². The molecule has 0 bridgehead atoms. The number of nitrogens with zero attached hydrogens (tertiary/aromatic N) is 1. The Hall–Kier alpha value is -3.61. The summed E-state index contributed by atoms with van der Waals surface area (Å²) in [6.07, 6.45) is 2.65. The summed E-state index contributed by atoms with van der Waals surface area (Å²) in [5.74, 6) is -1.15. The number of hydrogen-bond acceptors (Lipinski definition) is 5. The number of H-pyrrole nitrogens is 1. The Morgan fingerprint density at radius 1 is 1.03 bits per heavy atom. The Morgan fingerprint density at radius 2 is 1.74 bits per heavy atom. The lowest BCUT2D eigenvalue weighted by molar-refractivity contribution is -0.123. The number of esters is 1. The van der Waals surface area contributed by atoms with E-state index in [1.807, 2.05) is 24.3 Å². The lowest BCUT2D eigenvalue weighted by Gasteiger charge is -2.28. The monoisotopic (exact) mass is 419 g/mol. The van der Waals surface area contributed by atoms with Gasteiger partial charge in [0.2, 0.25) is 5.56 Å². The Labute approximate surface area is 180 Å². The summed E-state index contributed by atoms with van der Waals surface area (Å²) in [7, 11) is 0. The predicted octanol–water partition coefficient (Wildman–Crippen LogP) is 3.70. The molecule has 1 amide bonds. The fraction of sp³-hybridized carbons (Fsp3) is 0.292. The van der Waals surface area contributed by atoms with Crippen LogP contribution in [0.2, 0.25) is 0 Å². The summed E-state index contributed by atoms with van der Waals surface area (Å²) in [6, 6.07) is 15.8. The molecule has 1 aliphatic heterocycles. The molecule has 2 N–H and O–H groups in total. The van der Waals surface area contributed by atoms with Crippen LogP contribution in [0.25, 0.3) is 10.9 Å². The zero-order valence-corrected chi connectivity index (χ0v) is 17.4. The highest BCUT2D eigenvalue weighted by Crippen LogP contribution is 2.22. The maximum atomic E-state index is 12.6. The number of ether oxygens (including phenoxy) is 1. The van der Waals surface area contributed by atoms with E-state index in [4.69, 9.17) is 4.74 Å². The number of rotatable bonds is 5. The molecule has 160 valence electrons. The molecule has 1 fully saturated rings. The lowest BCUT2D eigenvalue weighted by Crippen LogP contribution is -2.30. The third kappa shape index (κ3) is 4.77. The van der Waals surface area contributed by atoms with Gasteiger partial charge in [-0.1, -0.05) is 18.2 Å². The number of para-hydroxylation sites is 1. The van der Waals surface area contributed by atoms with Crippen molar-refractivity contribution in [2.24, 2.45) is 0 Å². The number of benzene rings is 2. The number of aromatic nitrogens is 1. The molecule has 2 aromatic carbocycles. The van der Waals surface area contributed by atoms with Gasteiger partial charge in [0.25, 0.3) is 5.91 Å². The van der Waals surface area contributed by atoms with Crippen LogP contribution in [0.1, 0.15) is 36.5 Å².